The van der Waals surface area contributed by atoms with Gasteiger partial charge in [-0.1, -0.05) is 48.5 Å². The number of hydrogen-bond acceptors (Lipinski definition) is 4. The fraction of sp³-hybridized carbons (Fsp3) is 0.176. The molecule has 0 saturated heterocycles. The molecule has 2 aromatic rings. The Morgan fingerprint density at radius 2 is 1.50 bits per heavy atom. The molecule has 0 aliphatic rings. The summed E-state index contributed by atoms with van der Waals surface area (Å²) in [6.07, 6.45) is -0.551. The Balaban J connectivity index is 1.76. The normalized spacial score (nSPS) is 9.86. The van der Waals surface area contributed by atoms with E-state index in [1.54, 1.807) is 24.3 Å². The van der Waals surface area contributed by atoms with E-state index >= 15 is 0 Å². The Kier molecular flexibility index (Phi) is 5.54. The minimum absolute atomic E-state index is 0.165. The number of carbonyl (C=O) groups is 2. The van der Waals surface area contributed by atoms with Crippen LogP contribution >= 0.6 is 0 Å². The van der Waals surface area contributed by atoms with Crippen molar-refractivity contribution in [3.63, 3.8) is 0 Å². The summed E-state index contributed by atoms with van der Waals surface area (Å²) in [5.41, 5.74) is 1.33. The molecule has 114 valence electrons. The van der Waals surface area contributed by atoms with Crippen LogP contribution in [0.25, 0.3) is 0 Å². The molecule has 2 aromatic carbocycles. The van der Waals surface area contributed by atoms with Crippen LogP contribution in [0.15, 0.2) is 60.7 Å². The van der Waals surface area contributed by atoms with Gasteiger partial charge in [0.05, 0.1) is 5.56 Å². The van der Waals surface area contributed by atoms with Gasteiger partial charge in [-0.05, 0) is 17.7 Å². The molecule has 0 N–H and O–H groups in total. The van der Waals surface area contributed by atoms with E-state index in [1.165, 1.54) is 11.9 Å². The Bertz CT molecular complexity index is 613. The Morgan fingerprint density at radius 1 is 0.909 bits per heavy atom. The molecule has 1 amide bonds. The predicted octanol–water partition coefficient (Wildman–Crippen LogP) is 3.07. The lowest BCUT2D eigenvalue weighted by Gasteiger charge is -2.16. The molecule has 0 unspecified atom stereocenters. The van der Waals surface area contributed by atoms with Crippen LogP contribution in [0.4, 0.5) is 4.79 Å². The third kappa shape index (κ3) is 4.63. The third-order valence-electron chi connectivity index (χ3n) is 2.92. The van der Waals surface area contributed by atoms with Gasteiger partial charge in [0.2, 0.25) is 0 Å². The number of hydrogen-bond donors (Lipinski definition) is 0. The smallest absolute Gasteiger partial charge is 0.412 e. The number of benzene rings is 2. The Morgan fingerprint density at radius 3 is 2.14 bits per heavy atom. The van der Waals surface area contributed by atoms with Crippen molar-refractivity contribution in [2.75, 3.05) is 13.8 Å². The fourth-order valence-corrected chi connectivity index (χ4v) is 1.70. The lowest BCUT2D eigenvalue weighted by atomic mass is 10.2. The van der Waals surface area contributed by atoms with Crippen molar-refractivity contribution >= 4 is 12.1 Å². The second-order valence-electron chi connectivity index (χ2n) is 4.67. The maximum absolute atomic E-state index is 11.8. The fourth-order valence-electron chi connectivity index (χ4n) is 1.70. The van der Waals surface area contributed by atoms with Crippen LogP contribution in [0.2, 0.25) is 0 Å². The zero-order chi connectivity index (χ0) is 15.8. The second kappa shape index (κ2) is 7.83. The molecule has 5 heteroatoms. The van der Waals surface area contributed by atoms with Crippen LogP contribution in [0.5, 0.6) is 0 Å². The first-order valence-electron chi connectivity index (χ1n) is 6.81. The molecule has 0 bridgehead atoms. The van der Waals surface area contributed by atoms with E-state index in [4.69, 9.17) is 9.47 Å². The molecular weight excluding hydrogens is 282 g/mol. The summed E-state index contributed by atoms with van der Waals surface area (Å²) in [4.78, 5) is 24.7. The second-order valence-corrected chi connectivity index (χ2v) is 4.67. The van der Waals surface area contributed by atoms with Crippen molar-refractivity contribution in [1.29, 1.82) is 0 Å². The Hall–Kier alpha value is -2.82. The quantitative estimate of drug-likeness (QED) is 0.629. The van der Waals surface area contributed by atoms with Crippen LogP contribution in [-0.2, 0) is 16.1 Å². The van der Waals surface area contributed by atoms with Gasteiger partial charge in [-0.25, -0.2) is 9.59 Å². The van der Waals surface area contributed by atoms with Gasteiger partial charge in [-0.3, -0.25) is 4.90 Å². The summed E-state index contributed by atoms with van der Waals surface area (Å²) in [6.45, 7) is 0.0119. The molecule has 0 spiro atoms. The predicted molar refractivity (Wildman–Crippen MR) is 81.1 cm³/mol. The standard InChI is InChI=1S/C17H17NO4/c1-18(13-22-16(19)15-10-6-3-7-11-15)17(20)21-12-14-8-4-2-5-9-14/h2-11H,12-13H2,1H3. The van der Waals surface area contributed by atoms with Crippen LogP contribution < -0.4 is 0 Å². The van der Waals surface area contributed by atoms with E-state index in [9.17, 15) is 9.59 Å². The topological polar surface area (TPSA) is 55.8 Å². The van der Waals surface area contributed by atoms with Crippen LogP contribution in [0.1, 0.15) is 15.9 Å². The summed E-state index contributed by atoms with van der Waals surface area (Å²) >= 11 is 0. The van der Waals surface area contributed by atoms with Crippen molar-refractivity contribution in [2.24, 2.45) is 0 Å². The number of carbonyl (C=O) groups excluding carboxylic acids is 2. The van der Waals surface area contributed by atoms with Gasteiger partial charge < -0.3 is 9.47 Å². The highest BCUT2D eigenvalue weighted by Crippen LogP contribution is 2.04. The van der Waals surface area contributed by atoms with E-state index < -0.39 is 12.1 Å². The summed E-state index contributed by atoms with van der Waals surface area (Å²) in [5, 5.41) is 0. The van der Waals surface area contributed by atoms with Crippen molar-refractivity contribution in [3.05, 3.63) is 71.8 Å². The van der Waals surface area contributed by atoms with E-state index in [0.29, 0.717) is 5.56 Å². The summed E-state index contributed by atoms with van der Waals surface area (Å²) in [6, 6.07) is 18.0. The van der Waals surface area contributed by atoms with Crippen molar-refractivity contribution in [1.82, 2.24) is 4.90 Å². The zero-order valence-electron chi connectivity index (χ0n) is 12.3. The highest BCUT2D eigenvalue weighted by molar-refractivity contribution is 5.89. The summed E-state index contributed by atoms with van der Waals surface area (Å²) < 4.78 is 10.2. The lowest BCUT2D eigenvalue weighted by molar-refractivity contribution is 0.0229. The SMILES string of the molecule is CN(COC(=O)c1ccccc1)C(=O)OCc1ccccc1. The van der Waals surface area contributed by atoms with Crippen molar-refractivity contribution < 1.29 is 19.1 Å². The molecule has 0 aliphatic carbocycles. The van der Waals surface area contributed by atoms with Crippen LogP contribution in [0, 0.1) is 0 Å². The number of amides is 1. The number of rotatable bonds is 5. The molecule has 0 atom stereocenters. The molecule has 0 aromatic heterocycles. The van der Waals surface area contributed by atoms with E-state index in [0.717, 1.165) is 5.56 Å². The molecule has 0 fully saturated rings. The summed E-state index contributed by atoms with van der Waals surface area (Å²) in [7, 11) is 1.51. The molecular formula is C17H17NO4. The largest absolute Gasteiger partial charge is 0.444 e. The monoisotopic (exact) mass is 299 g/mol. The Labute approximate surface area is 129 Å². The van der Waals surface area contributed by atoms with Gasteiger partial charge in [0, 0.05) is 7.05 Å². The molecule has 0 saturated carbocycles. The molecule has 5 nitrogen and oxygen atoms in total. The van der Waals surface area contributed by atoms with Gasteiger partial charge in [0.15, 0.2) is 6.73 Å². The minimum atomic E-state index is -0.551. The maximum Gasteiger partial charge on any atom is 0.412 e. The average Bonchev–Trinajstić information content (AvgIpc) is 2.58. The van der Waals surface area contributed by atoms with Crippen molar-refractivity contribution in [3.8, 4) is 0 Å². The number of nitrogens with zero attached hydrogens (tertiary/aromatic N) is 1. The molecule has 0 heterocycles. The first kappa shape index (κ1) is 15.6. The third-order valence-corrected chi connectivity index (χ3v) is 2.92. The van der Waals surface area contributed by atoms with Crippen molar-refractivity contribution in [2.45, 2.75) is 6.61 Å². The maximum atomic E-state index is 11.8. The first-order chi connectivity index (χ1) is 10.7. The number of esters is 1. The number of ether oxygens (including phenoxy) is 2. The lowest BCUT2D eigenvalue weighted by Crippen LogP contribution is -2.31. The zero-order valence-corrected chi connectivity index (χ0v) is 12.3. The first-order valence-corrected chi connectivity index (χ1v) is 6.81. The highest BCUT2D eigenvalue weighted by atomic mass is 16.6. The molecule has 0 radical (unpaired) electrons. The van der Waals surface area contributed by atoms with Gasteiger partial charge in [0.1, 0.15) is 6.61 Å². The average molecular weight is 299 g/mol. The van der Waals surface area contributed by atoms with Gasteiger partial charge in [0.25, 0.3) is 0 Å². The molecule has 22 heavy (non-hydrogen) atoms. The van der Waals surface area contributed by atoms with Gasteiger partial charge >= 0.3 is 12.1 Å². The summed E-state index contributed by atoms with van der Waals surface area (Å²) in [5.74, 6) is -0.483. The molecule has 0 aliphatic heterocycles. The molecule has 2 rings (SSSR count). The van der Waals surface area contributed by atoms with Gasteiger partial charge in [-0.2, -0.15) is 0 Å². The van der Waals surface area contributed by atoms with Crippen LogP contribution in [-0.4, -0.2) is 30.7 Å². The minimum Gasteiger partial charge on any atom is -0.444 e. The van der Waals surface area contributed by atoms with Gasteiger partial charge in [-0.15, -0.1) is 0 Å². The highest BCUT2D eigenvalue weighted by Gasteiger charge is 2.13. The van der Waals surface area contributed by atoms with E-state index in [-0.39, 0.29) is 13.3 Å². The van der Waals surface area contributed by atoms with E-state index in [2.05, 4.69) is 0 Å². The van der Waals surface area contributed by atoms with Crippen LogP contribution in [0.3, 0.4) is 0 Å². The van der Waals surface area contributed by atoms with E-state index in [1.807, 2.05) is 36.4 Å².